The molecule has 1 N–H and O–H groups in total. The van der Waals surface area contributed by atoms with E-state index in [0.717, 1.165) is 11.1 Å². The maximum Gasteiger partial charge on any atom is 0.435 e. The Morgan fingerprint density at radius 2 is 1.66 bits per heavy atom. The minimum Gasteiger partial charge on any atom is -0.301 e. The monoisotopic (exact) mass is 466 g/mol. The molecule has 0 saturated carbocycles. The summed E-state index contributed by atoms with van der Waals surface area (Å²) < 4.78 is -0.606. The molecular weight excluding hydrogens is 445 g/mol. The Bertz CT molecular complexity index is 1150. The van der Waals surface area contributed by atoms with Gasteiger partial charge < -0.3 is 5.32 Å². The van der Waals surface area contributed by atoms with E-state index in [-0.39, 0.29) is 17.9 Å². The normalized spacial score (nSPS) is 21.0. The van der Waals surface area contributed by atoms with E-state index >= 15 is 0 Å². The summed E-state index contributed by atoms with van der Waals surface area (Å²) in [5.74, 6) is -0.0535. The first-order valence-electron chi connectivity index (χ1n) is 10.3. The zero-order valence-electron chi connectivity index (χ0n) is 17.4. The third-order valence-electron chi connectivity index (χ3n) is 5.74. The maximum atomic E-state index is 13.5. The van der Waals surface area contributed by atoms with Crippen LogP contribution in [0.2, 0.25) is 10.0 Å². The topological polar surface area (TPSA) is 58.5 Å². The van der Waals surface area contributed by atoms with Crippen molar-refractivity contribution in [3.63, 3.8) is 0 Å². The van der Waals surface area contributed by atoms with E-state index in [1.54, 1.807) is 24.4 Å². The number of hydrogen-bond acceptors (Lipinski definition) is 3. The number of urea groups is 1. The van der Waals surface area contributed by atoms with Crippen LogP contribution in [-0.2, 0) is 11.2 Å². The maximum absolute atomic E-state index is 13.5. The van der Waals surface area contributed by atoms with Gasteiger partial charge in [-0.2, -0.15) is 0 Å². The number of allylic oxidation sites excluding steroid dienone is 2. The smallest absolute Gasteiger partial charge is 0.301 e. The molecule has 0 radical (unpaired) electrons. The zero-order chi connectivity index (χ0) is 22.7. The summed E-state index contributed by atoms with van der Waals surface area (Å²) in [7, 11) is 0. The van der Waals surface area contributed by atoms with Crippen LogP contribution in [0.1, 0.15) is 24.0 Å². The lowest BCUT2D eigenvalue weighted by Gasteiger charge is -2.33. The fourth-order valence-electron chi connectivity index (χ4n) is 3.97. The highest BCUT2D eigenvalue weighted by atomic mass is 35.5. The van der Waals surface area contributed by atoms with Crippen molar-refractivity contribution in [2.24, 2.45) is 4.99 Å². The number of fused-ring (bicyclic) bond motifs is 1. The van der Waals surface area contributed by atoms with E-state index in [9.17, 15) is 9.59 Å². The van der Waals surface area contributed by atoms with Crippen LogP contribution in [0.5, 0.6) is 0 Å². The second-order valence-corrected chi connectivity index (χ2v) is 8.66. The molecule has 2 aromatic rings. The van der Waals surface area contributed by atoms with Crippen molar-refractivity contribution in [3.05, 3.63) is 106 Å². The number of nitrogens with one attached hydrogen (secondary N) is 1. The molecule has 5 nitrogen and oxygen atoms in total. The molecule has 2 aromatic carbocycles. The third-order valence-corrected chi connectivity index (χ3v) is 6.25. The van der Waals surface area contributed by atoms with E-state index < -0.39 is 10.5 Å². The number of amides is 3. The van der Waals surface area contributed by atoms with Crippen LogP contribution in [0.25, 0.3) is 0 Å². The highest BCUT2D eigenvalue weighted by molar-refractivity contribution is 6.30. The number of rotatable bonds is 5. The summed E-state index contributed by atoms with van der Waals surface area (Å²) in [6, 6.07) is 14.5. The van der Waals surface area contributed by atoms with Crippen molar-refractivity contribution in [1.29, 1.82) is 0 Å². The molecule has 0 fully saturated rings. The molecule has 2 aliphatic rings. The first-order valence-corrected chi connectivity index (χ1v) is 11.0. The lowest BCUT2D eigenvalue weighted by atomic mass is 9.86. The van der Waals surface area contributed by atoms with E-state index in [2.05, 4.69) is 10.3 Å². The fraction of sp³-hybridized carbons (Fsp3) is 0.160. The minimum absolute atomic E-state index is 0.0595. The van der Waals surface area contributed by atoms with Gasteiger partial charge in [0.1, 0.15) is 6.20 Å². The van der Waals surface area contributed by atoms with E-state index in [1.165, 1.54) is 12.3 Å². The van der Waals surface area contributed by atoms with Crippen LogP contribution in [0, 0.1) is 0 Å². The molecule has 162 valence electrons. The highest BCUT2D eigenvalue weighted by Crippen LogP contribution is 2.28. The Labute approximate surface area is 196 Å². The van der Waals surface area contributed by atoms with Crippen molar-refractivity contribution in [2.45, 2.75) is 25.3 Å². The number of nitrogens with zero attached hydrogens (tertiary/aromatic N) is 2. The number of hydrogen-bond donors (Lipinski definition) is 1. The molecule has 0 bridgehead atoms. The van der Waals surface area contributed by atoms with Gasteiger partial charge in [-0.1, -0.05) is 52.0 Å². The molecule has 3 atom stereocenters. The highest BCUT2D eigenvalue weighted by Gasteiger charge is 2.49. The van der Waals surface area contributed by atoms with Crippen LogP contribution in [-0.4, -0.2) is 28.3 Å². The van der Waals surface area contributed by atoms with Gasteiger partial charge in [0.25, 0.3) is 0 Å². The third kappa shape index (κ3) is 4.32. The molecule has 0 aliphatic carbocycles. The van der Waals surface area contributed by atoms with Gasteiger partial charge >= 0.3 is 11.9 Å². The second-order valence-electron chi connectivity index (χ2n) is 7.79. The van der Waals surface area contributed by atoms with Crippen LogP contribution in [0.15, 0.2) is 90.2 Å². The Kier molecular flexibility index (Phi) is 6.42. The van der Waals surface area contributed by atoms with Gasteiger partial charge in [0.15, 0.2) is 0 Å². The number of carbonyl (C=O) groups is 2. The minimum atomic E-state index is -0.606. The van der Waals surface area contributed by atoms with Crippen molar-refractivity contribution in [3.8, 4) is 0 Å². The first-order chi connectivity index (χ1) is 15.4. The Hall–Kier alpha value is -2.99. The van der Waals surface area contributed by atoms with E-state index in [4.69, 9.17) is 23.2 Å². The van der Waals surface area contributed by atoms with Gasteiger partial charge in [0.2, 0.25) is 5.84 Å². The number of halogens is 2. The molecule has 3 unspecified atom stereocenters. The SMILES string of the molecule is CC(NC(=O)[N+]12C=CC=CC1=NC=CC2=O)C(Cc1ccc(Cl)cc1)c1ccc(Cl)cc1. The van der Waals surface area contributed by atoms with Gasteiger partial charge in [-0.05, 0) is 60.9 Å². The van der Waals surface area contributed by atoms with Crippen molar-refractivity contribution in [2.75, 3.05) is 0 Å². The second kappa shape index (κ2) is 9.25. The summed E-state index contributed by atoms with van der Waals surface area (Å²) in [6.07, 6.45) is 10.1. The Balaban J connectivity index is 1.62. The Morgan fingerprint density at radius 1 is 1.00 bits per heavy atom. The average Bonchev–Trinajstić information content (AvgIpc) is 2.79. The summed E-state index contributed by atoms with van der Waals surface area (Å²) in [6.45, 7) is 1.94. The zero-order valence-corrected chi connectivity index (χ0v) is 18.9. The van der Waals surface area contributed by atoms with Crippen molar-refractivity contribution >= 4 is 41.0 Å². The summed E-state index contributed by atoms with van der Waals surface area (Å²) >= 11 is 12.1. The molecule has 4 rings (SSSR count). The van der Waals surface area contributed by atoms with Crippen LogP contribution >= 0.6 is 23.2 Å². The standard InChI is InChI=1S/C25H21Cl2N3O2/c1-17(29-25(32)30-15-3-2-4-23(30)28-14-13-24(30)31)22(19-7-11-21(27)12-8-19)16-18-5-9-20(26)10-6-18/h2-15,17,22H,16H2,1H3/p+1. The predicted molar refractivity (Wildman–Crippen MR) is 127 cm³/mol. The summed E-state index contributed by atoms with van der Waals surface area (Å²) in [5, 5.41) is 4.38. The van der Waals surface area contributed by atoms with E-state index in [0.29, 0.717) is 22.3 Å². The lowest BCUT2D eigenvalue weighted by molar-refractivity contribution is -0.614. The molecule has 3 amide bonds. The molecule has 7 heteroatoms. The summed E-state index contributed by atoms with van der Waals surface area (Å²) in [5.41, 5.74) is 2.12. The van der Waals surface area contributed by atoms with Crippen LogP contribution in [0.4, 0.5) is 4.79 Å². The number of quaternary nitrogens is 1. The largest absolute Gasteiger partial charge is 0.435 e. The van der Waals surface area contributed by atoms with Gasteiger partial charge in [-0.25, -0.2) is 14.6 Å². The van der Waals surface area contributed by atoms with Gasteiger partial charge in [-0.3, -0.25) is 0 Å². The van der Waals surface area contributed by atoms with Gasteiger partial charge in [-0.15, -0.1) is 0 Å². The van der Waals surface area contributed by atoms with Crippen molar-refractivity contribution in [1.82, 2.24) is 5.32 Å². The van der Waals surface area contributed by atoms with Crippen LogP contribution in [0.3, 0.4) is 0 Å². The van der Waals surface area contributed by atoms with Crippen LogP contribution < -0.4 is 5.32 Å². The molecular formula is C25H22Cl2N3O2+. The molecule has 2 heterocycles. The molecule has 0 spiro atoms. The average molecular weight is 467 g/mol. The predicted octanol–water partition coefficient (Wildman–Crippen LogP) is 5.77. The first kappa shape index (κ1) is 22.2. The van der Waals surface area contributed by atoms with Gasteiger partial charge in [0.05, 0.1) is 6.08 Å². The van der Waals surface area contributed by atoms with Crippen molar-refractivity contribution < 1.29 is 14.1 Å². The summed E-state index contributed by atoms with van der Waals surface area (Å²) in [4.78, 5) is 30.5. The van der Waals surface area contributed by atoms with Gasteiger partial charge in [0, 0.05) is 34.3 Å². The molecule has 0 aromatic heterocycles. The number of imide groups is 1. The number of benzene rings is 2. The van der Waals surface area contributed by atoms with E-state index in [1.807, 2.05) is 55.5 Å². The quantitative estimate of drug-likeness (QED) is 0.568. The molecule has 0 saturated heterocycles. The Morgan fingerprint density at radius 3 is 2.34 bits per heavy atom. The molecule has 2 aliphatic heterocycles. The fourth-order valence-corrected chi connectivity index (χ4v) is 4.22. The number of carbonyl (C=O) groups excluding carboxylic acids is 2. The number of amidine groups is 1. The number of aliphatic imine (C=N–C) groups is 1. The lowest BCUT2D eigenvalue weighted by Crippen LogP contribution is -2.62. The molecule has 32 heavy (non-hydrogen) atoms.